The molecule has 0 radical (unpaired) electrons. The molecule has 1 aliphatic rings. The summed E-state index contributed by atoms with van der Waals surface area (Å²) in [4.78, 5) is 24.9. The summed E-state index contributed by atoms with van der Waals surface area (Å²) in [6.07, 6.45) is 1.80. The molecule has 1 amide bonds. The second-order valence-corrected chi connectivity index (χ2v) is 5.85. The lowest BCUT2D eigenvalue weighted by Gasteiger charge is -2.17. The number of carboxylic acid groups (broad SMARTS) is 1. The van der Waals surface area contributed by atoms with Crippen LogP contribution >= 0.6 is 0 Å². The van der Waals surface area contributed by atoms with Crippen LogP contribution in [0.15, 0.2) is 36.7 Å². The number of carbonyl (C=O) groups excluding carboxylic acids is 1. The number of aliphatic hydroxyl groups excluding tert-OH is 1. The van der Waals surface area contributed by atoms with E-state index in [0.29, 0.717) is 17.9 Å². The molecule has 25 heavy (non-hydrogen) atoms. The number of β-amino-alcohol motifs (C(OH)–C–C–N with tert-alkyl or cyclic N) is 1. The van der Waals surface area contributed by atoms with Gasteiger partial charge in [-0.1, -0.05) is 0 Å². The maximum atomic E-state index is 12.5. The number of nitrogens with zero attached hydrogens (tertiary/aromatic N) is 3. The summed E-state index contributed by atoms with van der Waals surface area (Å²) in [5, 5.41) is 23.2. The van der Waals surface area contributed by atoms with Crippen molar-refractivity contribution in [3.8, 4) is 5.75 Å². The number of aromatic carboxylic acids is 1. The molecule has 1 aromatic carbocycles. The molecule has 1 fully saturated rings. The smallest absolute Gasteiger partial charge is 0.335 e. The van der Waals surface area contributed by atoms with Crippen molar-refractivity contribution in [2.24, 2.45) is 0 Å². The van der Waals surface area contributed by atoms with Crippen LogP contribution in [0, 0.1) is 0 Å². The largest absolute Gasteiger partial charge is 0.486 e. The third kappa shape index (κ3) is 3.63. The highest BCUT2D eigenvalue weighted by Gasteiger charge is 2.36. The average molecular weight is 345 g/mol. The number of aliphatic hydroxyl groups is 1. The van der Waals surface area contributed by atoms with E-state index < -0.39 is 18.2 Å². The van der Waals surface area contributed by atoms with E-state index in [1.807, 2.05) is 6.92 Å². The van der Waals surface area contributed by atoms with Crippen molar-refractivity contribution in [2.45, 2.75) is 25.7 Å². The van der Waals surface area contributed by atoms with Gasteiger partial charge < -0.3 is 19.8 Å². The monoisotopic (exact) mass is 345 g/mol. The molecular formula is C17H19N3O5. The molecule has 1 saturated heterocycles. The number of hydrogen-bond acceptors (Lipinski definition) is 5. The molecular weight excluding hydrogens is 326 g/mol. The summed E-state index contributed by atoms with van der Waals surface area (Å²) in [7, 11) is 0. The van der Waals surface area contributed by atoms with Gasteiger partial charge in [0.25, 0.3) is 5.91 Å². The first kappa shape index (κ1) is 17.0. The highest BCUT2D eigenvalue weighted by Crippen LogP contribution is 2.21. The maximum Gasteiger partial charge on any atom is 0.335 e. The van der Waals surface area contributed by atoms with Gasteiger partial charge in [-0.3, -0.25) is 9.48 Å². The molecule has 3 rings (SSSR count). The third-order valence-electron chi connectivity index (χ3n) is 4.12. The zero-order chi connectivity index (χ0) is 18.0. The molecule has 0 bridgehead atoms. The first-order chi connectivity index (χ1) is 12.0. The average Bonchev–Trinajstić information content (AvgIpc) is 3.22. The van der Waals surface area contributed by atoms with E-state index in [9.17, 15) is 14.7 Å². The Kier molecular flexibility index (Phi) is 4.71. The molecule has 2 N–H and O–H groups in total. The van der Waals surface area contributed by atoms with Gasteiger partial charge in [0.05, 0.1) is 30.4 Å². The minimum Gasteiger partial charge on any atom is -0.486 e. The van der Waals surface area contributed by atoms with E-state index in [1.54, 1.807) is 10.9 Å². The normalized spacial score (nSPS) is 19.8. The van der Waals surface area contributed by atoms with Crippen molar-refractivity contribution in [3.05, 3.63) is 47.8 Å². The third-order valence-corrected chi connectivity index (χ3v) is 4.12. The van der Waals surface area contributed by atoms with Crippen LogP contribution in [-0.2, 0) is 6.54 Å². The summed E-state index contributed by atoms with van der Waals surface area (Å²) in [5.74, 6) is -0.773. The molecule has 0 saturated carbocycles. The topological polar surface area (TPSA) is 105 Å². The minimum atomic E-state index is -1.02. The number of hydrogen-bond donors (Lipinski definition) is 2. The van der Waals surface area contributed by atoms with Gasteiger partial charge in [-0.15, -0.1) is 0 Å². The van der Waals surface area contributed by atoms with Gasteiger partial charge in [0.2, 0.25) is 0 Å². The Bertz CT molecular complexity index is 771. The van der Waals surface area contributed by atoms with E-state index in [0.717, 1.165) is 0 Å². The number of amides is 1. The fraction of sp³-hybridized carbons (Fsp3) is 0.353. The molecule has 0 unspecified atom stereocenters. The van der Waals surface area contributed by atoms with Gasteiger partial charge >= 0.3 is 5.97 Å². The van der Waals surface area contributed by atoms with Gasteiger partial charge in [0.1, 0.15) is 18.0 Å². The van der Waals surface area contributed by atoms with Crippen molar-refractivity contribution in [1.82, 2.24) is 14.7 Å². The zero-order valence-corrected chi connectivity index (χ0v) is 13.7. The molecule has 0 aliphatic carbocycles. The molecule has 2 aromatic rings. The summed E-state index contributed by atoms with van der Waals surface area (Å²) in [5.41, 5.74) is 0.629. The van der Waals surface area contributed by atoms with E-state index in [1.165, 1.54) is 35.4 Å². The molecule has 1 aromatic heterocycles. The summed E-state index contributed by atoms with van der Waals surface area (Å²) < 4.78 is 7.37. The molecule has 8 nitrogen and oxygen atoms in total. The number of rotatable bonds is 5. The first-order valence-electron chi connectivity index (χ1n) is 7.97. The van der Waals surface area contributed by atoms with Crippen LogP contribution < -0.4 is 4.74 Å². The Morgan fingerprint density at radius 2 is 1.96 bits per heavy atom. The first-order valence-corrected chi connectivity index (χ1v) is 7.97. The quantitative estimate of drug-likeness (QED) is 0.833. The zero-order valence-electron chi connectivity index (χ0n) is 13.7. The molecule has 0 spiro atoms. The maximum absolute atomic E-state index is 12.5. The standard InChI is InChI=1S/C17H19N3O5/c1-2-20-8-12(7-18-20)16(22)19-9-14(21)15(10-19)25-13-5-3-11(4-6-13)17(23)24/h3-8,14-15,21H,2,9-10H2,1H3,(H,23,24)/t14-,15-/m1/s1. The van der Waals surface area contributed by atoms with Gasteiger partial charge in [-0.25, -0.2) is 4.79 Å². The van der Waals surface area contributed by atoms with Crippen LogP contribution in [0.4, 0.5) is 0 Å². The Morgan fingerprint density at radius 1 is 1.24 bits per heavy atom. The van der Waals surface area contributed by atoms with E-state index in [2.05, 4.69) is 5.10 Å². The minimum absolute atomic E-state index is 0.157. The van der Waals surface area contributed by atoms with Crippen molar-refractivity contribution in [3.63, 3.8) is 0 Å². The Hall–Kier alpha value is -2.87. The van der Waals surface area contributed by atoms with Crippen molar-refractivity contribution >= 4 is 11.9 Å². The highest BCUT2D eigenvalue weighted by atomic mass is 16.5. The van der Waals surface area contributed by atoms with Crippen molar-refractivity contribution in [2.75, 3.05) is 13.1 Å². The Balaban J connectivity index is 1.64. The fourth-order valence-electron chi connectivity index (χ4n) is 2.72. The number of aromatic nitrogens is 2. The molecule has 2 heterocycles. The number of aryl methyl sites for hydroxylation is 1. The summed E-state index contributed by atoms with van der Waals surface area (Å²) >= 11 is 0. The number of carboxylic acids is 1. The van der Waals surface area contributed by atoms with Gasteiger partial charge in [-0.05, 0) is 31.2 Å². The predicted octanol–water partition coefficient (Wildman–Crippen LogP) is 0.865. The number of ether oxygens (including phenoxy) is 1. The van der Waals surface area contributed by atoms with Crippen molar-refractivity contribution < 1.29 is 24.5 Å². The second kappa shape index (κ2) is 6.94. The lowest BCUT2D eigenvalue weighted by Crippen LogP contribution is -2.31. The predicted molar refractivity (Wildman–Crippen MR) is 87.6 cm³/mol. The highest BCUT2D eigenvalue weighted by molar-refractivity contribution is 5.94. The fourth-order valence-corrected chi connectivity index (χ4v) is 2.72. The molecule has 132 valence electrons. The second-order valence-electron chi connectivity index (χ2n) is 5.85. The number of carbonyl (C=O) groups is 2. The molecule has 2 atom stereocenters. The Labute approximate surface area is 144 Å². The van der Waals surface area contributed by atoms with Gasteiger partial charge in [0, 0.05) is 12.7 Å². The molecule has 8 heteroatoms. The van der Waals surface area contributed by atoms with E-state index in [4.69, 9.17) is 9.84 Å². The van der Waals surface area contributed by atoms with Crippen LogP contribution in [-0.4, -0.2) is 62.1 Å². The van der Waals surface area contributed by atoms with Gasteiger partial charge in [0.15, 0.2) is 0 Å². The number of benzene rings is 1. The lowest BCUT2D eigenvalue weighted by molar-refractivity contribution is 0.0693. The van der Waals surface area contributed by atoms with Crippen LogP contribution in [0.5, 0.6) is 5.75 Å². The van der Waals surface area contributed by atoms with Crippen molar-refractivity contribution in [1.29, 1.82) is 0 Å². The van der Waals surface area contributed by atoms with Gasteiger partial charge in [-0.2, -0.15) is 5.10 Å². The number of likely N-dealkylation sites (tertiary alicyclic amines) is 1. The summed E-state index contributed by atoms with van der Waals surface area (Å²) in [6.45, 7) is 3.03. The van der Waals surface area contributed by atoms with Crippen LogP contribution in [0.25, 0.3) is 0 Å². The molecule has 1 aliphatic heterocycles. The lowest BCUT2D eigenvalue weighted by atomic mass is 10.2. The Morgan fingerprint density at radius 3 is 2.56 bits per heavy atom. The van der Waals surface area contributed by atoms with E-state index in [-0.39, 0.29) is 24.6 Å². The SMILES string of the molecule is CCn1cc(C(=O)N2C[C@@H](O)[C@H](Oc3ccc(C(=O)O)cc3)C2)cn1. The van der Waals surface area contributed by atoms with E-state index >= 15 is 0 Å². The van der Waals surface area contributed by atoms with Crippen LogP contribution in [0.2, 0.25) is 0 Å². The van der Waals surface area contributed by atoms with Crippen LogP contribution in [0.3, 0.4) is 0 Å². The van der Waals surface area contributed by atoms with Crippen LogP contribution in [0.1, 0.15) is 27.6 Å². The summed E-state index contributed by atoms with van der Waals surface area (Å²) in [6, 6.07) is 5.93.